The number of carbonyl (C=O) groups is 1. The molecule has 1 unspecified atom stereocenters. The number of pyridine rings is 2. The SMILES string of the molecule is COc1ccc(C(CC(=O)OC(C)(C)C)c2cc(CCCc3ccc4cccnc4n3)n(COCC[Si](C)(C)C)n2)cc1F. The van der Waals surface area contributed by atoms with Crippen LogP contribution in [-0.4, -0.2) is 53.1 Å². The Morgan fingerprint density at radius 2 is 1.86 bits per heavy atom. The number of hydrogen-bond donors (Lipinski definition) is 0. The number of ether oxygens (including phenoxy) is 3. The number of hydrogen-bond acceptors (Lipinski definition) is 7. The van der Waals surface area contributed by atoms with Crippen molar-refractivity contribution in [3.63, 3.8) is 0 Å². The van der Waals surface area contributed by atoms with E-state index in [1.54, 1.807) is 18.3 Å². The van der Waals surface area contributed by atoms with Crippen molar-refractivity contribution >= 4 is 25.1 Å². The average Bonchev–Trinajstić information content (AvgIpc) is 3.35. The van der Waals surface area contributed by atoms with Crippen LogP contribution in [0.5, 0.6) is 5.75 Å². The van der Waals surface area contributed by atoms with Crippen molar-refractivity contribution in [3.05, 3.63) is 83.2 Å². The van der Waals surface area contributed by atoms with Crippen molar-refractivity contribution in [2.24, 2.45) is 0 Å². The highest BCUT2D eigenvalue weighted by atomic mass is 28.3. The highest BCUT2D eigenvalue weighted by molar-refractivity contribution is 6.76. The van der Waals surface area contributed by atoms with Crippen LogP contribution in [0.25, 0.3) is 11.0 Å². The Kier molecular flexibility index (Phi) is 10.9. The van der Waals surface area contributed by atoms with Gasteiger partial charge in [-0.15, -0.1) is 0 Å². The van der Waals surface area contributed by atoms with E-state index in [9.17, 15) is 9.18 Å². The van der Waals surface area contributed by atoms with Gasteiger partial charge in [-0.25, -0.2) is 19.0 Å². The van der Waals surface area contributed by atoms with E-state index in [-0.39, 0.29) is 18.1 Å². The van der Waals surface area contributed by atoms with Gasteiger partial charge in [-0.1, -0.05) is 25.7 Å². The van der Waals surface area contributed by atoms with Crippen LogP contribution in [0.15, 0.2) is 54.7 Å². The molecule has 10 heteroatoms. The quantitative estimate of drug-likeness (QED) is 0.0829. The summed E-state index contributed by atoms with van der Waals surface area (Å²) in [5.74, 6) is -1.24. The van der Waals surface area contributed by atoms with Crippen LogP contribution in [0.3, 0.4) is 0 Å². The zero-order chi connectivity index (χ0) is 31.9. The van der Waals surface area contributed by atoms with Crippen molar-refractivity contribution in [2.45, 2.75) is 90.4 Å². The van der Waals surface area contributed by atoms with Gasteiger partial charge in [0.1, 0.15) is 12.3 Å². The number of aromatic nitrogens is 4. The van der Waals surface area contributed by atoms with Crippen LogP contribution < -0.4 is 4.74 Å². The molecule has 0 radical (unpaired) electrons. The second kappa shape index (κ2) is 14.4. The molecular formula is C34H45FN4O4Si. The molecule has 3 aromatic heterocycles. The molecule has 0 saturated heterocycles. The molecule has 0 aliphatic carbocycles. The molecule has 0 bridgehead atoms. The van der Waals surface area contributed by atoms with Gasteiger partial charge in [0, 0.05) is 43.6 Å². The van der Waals surface area contributed by atoms with E-state index >= 15 is 0 Å². The first-order chi connectivity index (χ1) is 20.8. The van der Waals surface area contributed by atoms with Gasteiger partial charge in [0.05, 0.1) is 19.2 Å². The van der Waals surface area contributed by atoms with E-state index in [1.807, 2.05) is 49.7 Å². The lowest BCUT2D eigenvalue weighted by atomic mass is 9.91. The van der Waals surface area contributed by atoms with Crippen LogP contribution >= 0.6 is 0 Å². The van der Waals surface area contributed by atoms with E-state index in [0.717, 1.165) is 47.7 Å². The highest BCUT2D eigenvalue weighted by Gasteiger charge is 2.27. The number of esters is 1. The van der Waals surface area contributed by atoms with Crippen molar-refractivity contribution in [2.75, 3.05) is 13.7 Å². The largest absolute Gasteiger partial charge is 0.494 e. The Bertz CT molecular complexity index is 1560. The van der Waals surface area contributed by atoms with E-state index in [1.165, 1.54) is 13.2 Å². The second-order valence-electron chi connectivity index (χ2n) is 13.4. The van der Waals surface area contributed by atoms with Crippen LogP contribution in [-0.2, 0) is 33.8 Å². The molecule has 0 aliphatic heterocycles. The van der Waals surface area contributed by atoms with Gasteiger partial charge >= 0.3 is 5.97 Å². The molecule has 0 spiro atoms. The van der Waals surface area contributed by atoms with Gasteiger partial charge in [0.15, 0.2) is 17.2 Å². The summed E-state index contributed by atoms with van der Waals surface area (Å²) >= 11 is 0. The minimum absolute atomic E-state index is 0.0178. The molecule has 3 heterocycles. The summed E-state index contributed by atoms with van der Waals surface area (Å²) in [6.07, 6.45) is 4.10. The van der Waals surface area contributed by atoms with E-state index < -0.39 is 25.4 Å². The van der Waals surface area contributed by atoms with Gasteiger partial charge in [0.2, 0.25) is 0 Å². The maximum atomic E-state index is 14.9. The molecular weight excluding hydrogens is 575 g/mol. The molecule has 4 aromatic rings. The summed E-state index contributed by atoms with van der Waals surface area (Å²) in [5.41, 5.74) is 3.34. The number of rotatable bonds is 14. The van der Waals surface area contributed by atoms with Gasteiger partial charge in [0.25, 0.3) is 0 Å². The van der Waals surface area contributed by atoms with Gasteiger partial charge in [-0.3, -0.25) is 4.79 Å². The molecule has 0 amide bonds. The molecule has 236 valence electrons. The Morgan fingerprint density at radius 1 is 1.07 bits per heavy atom. The molecule has 0 N–H and O–H groups in total. The zero-order valence-corrected chi connectivity index (χ0v) is 28.0. The van der Waals surface area contributed by atoms with Crippen molar-refractivity contribution in [1.29, 1.82) is 0 Å². The molecule has 4 rings (SSSR count). The van der Waals surface area contributed by atoms with Gasteiger partial charge in [-0.05, 0) is 94.1 Å². The van der Waals surface area contributed by atoms with Crippen molar-refractivity contribution in [3.8, 4) is 5.75 Å². The number of methoxy groups -OCH3 is 1. The first-order valence-electron chi connectivity index (χ1n) is 15.2. The van der Waals surface area contributed by atoms with Crippen LogP contribution in [0.2, 0.25) is 25.7 Å². The Balaban J connectivity index is 1.60. The standard InChI is InChI=1S/C34H45FN4O4Si/c1-34(2,3)43-32(40)22-28(25-14-16-31(41-4)29(35)20-25)30-21-27(39(38-30)23-42-18-19-44(5,6)7)12-8-11-26-15-13-24-10-9-17-36-33(24)37-26/h9-10,13-17,20-21,28H,8,11-12,18-19,22-23H2,1-7H3. The lowest BCUT2D eigenvalue weighted by Gasteiger charge is -2.22. The smallest absolute Gasteiger partial charge is 0.307 e. The average molecular weight is 621 g/mol. The van der Waals surface area contributed by atoms with E-state index in [2.05, 4.69) is 30.7 Å². The topological polar surface area (TPSA) is 88.4 Å². The molecule has 44 heavy (non-hydrogen) atoms. The van der Waals surface area contributed by atoms with Crippen molar-refractivity contribution in [1.82, 2.24) is 19.7 Å². The van der Waals surface area contributed by atoms with E-state index in [0.29, 0.717) is 24.6 Å². The Labute approximate surface area is 261 Å². The minimum Gasteiger partial charge on any atom is -0.494 e. The van der Waals surface area contributed by atoms with Crippen LogP contribution in [0, 0.1) is 5.82 Å². The fourth-order valence-corrected chi connectivity index (χ4v) is 5.67. The summed E-state index contributed by atoms with van der Waals surface area (Å²) in [5, 5.41) is 5.94. The number of halogens is 1. The Morgan fingerprint density at radius 3 is 2.57 bits per heavy atom. The number of fused-ring (bicyclic) bond motifs is 1. The number of benzene rings is 1. The third-order valence-electron chi connectivity index (χ3n) is 7.21. The van der Waals surface area contributed by atoms with Crippen LogP contribution in [0.4, 0.5) is 4.39 Å². The maximum absolute atomic E-state index is 14.9. The van der Waals surface area contributed by atoms with Crippen LogP contribution in [0.1, 0.15) is 62.2 Å². The van der Waals surface area contributed by atoms with Gasteiger partial charge < -0.3 is 14.2 Å². The summed E-state index contributed by atoms with van der Waals surface area (Å²) in [6.45, 7) is 13.4. The highest BCUT2D eigenvalue weighted by Crippen LogP contribution is 2.32. The molecule has 0 aliphatic rings. The molecule has 1 atom stereocenters. The summed E-state index contributed by atoms with van der Waals surface area (Å²) in [7, 11) is 0.168. The Hall–Kier alpha value is -3.63. The summed E-state index contributed by atoms with van der Waals surface area (Å²) < 4.78 is 33.6. The first-order valence-corrected chi connectivity index (χ1v) is 18.9. The molecule has 0 saturated carbocycles. The maximum Gasteiger partial charge on any atom is 0.307 e. The molecule has 1 aromatic carbocycles. The lowest BCUT2D eigenvalue weighted by molar-refractivity contribution is -0.155. The van der Waals surface area contributed by atoms with Crippen molar-refractivity contribution < 1.29 is 23.4 Å². The monoisotopic (exact) mass is 620 g/mol. The number of nitrogens with zero attached hydrogens (tertiary/aromatic N) is 4. The summed E-state index contributed by atoms with van der Waals surface area (Å²) in [4.78, 5) is 22.1. The minimum atomic E-state index is -1.26. The fourth-order valence-electron chi connectivity index (χ4n) is 4.91. The molecule has 8 nitrogen and oxygen atoms in total. The fraction of sp³-hybridized carbons (Fsp3) is 0.471. The van der Waals surface area contributed by atoms with Gasteiger partial charge in [-0.2, -0.15) is 5.10 Å². The number of aryl methyl sites for hydroxylation is 2. The third kappa shape index (κ3) is 9.69. The zero-order valence-electron chi connectivity index (χ0n) is 27.0. The van der Waals surface area contributed by atoms with E-state index in [4.69, 9.17) is 24.3 Å². The lowest BCUT2D eigenvalue weighted by Crippen LogP contribution is -2.25. The third-order valence-corrected chi connectivity index (χ3v) is 8.91. The normalized spacial score (nSPS) is 12.8. The first kappa shape index (κ1) is 33.3. The number of carbonyl (C=O) groups excluding carboxylic acids is 1. The predicted molar refractivity (Wildman–Crippen MR) is 173 cm³/mol. The summed E-state index contributed by atoms with van der Waals surface area (Å²) in [6, 6.07) is 15.8. The predicted octanol–water partition coefficient (Wildman–Crippen LogP) is 7.33. The second-order valence-corrected chi connectivity index (χ2v) is 19.0. The molecule has 0 fully saturated rings.